The number of likely N-dealkylation sites (tertiary alicyclic amines) is 1. The van der Waals surface area contributed by atoms with Gasteiger partial charge in [-0.1, -0.05) is 6.92 Å². The molecule has 2 aliphatic heterocycles. The monoisotopic (exact) mass is 191 g/mol. The van der Waals surface area contributed by atoms with Gasteiger partial charge in [0, 0.05) is 0 Å². The lowest BCUT2D eigenvalue weighted by atomic mass is 9.70. The van der Waals surface area contributed by atoms with Gasteiger partial charge in [0.15, 0.2) is 0 Å². The Bertz CT molecular complexity index is 202. The summed E-state index contributed by atoms with van der Waals surface area (Å²) >= 11 is 0. The highest BCUT2D eigenvalue weighted by Gasteiger charge is 2.62. The van der Waals surface area contributed by atoms with E-state index >= 15 is 0 Å². The Balaban J connectivity index is 2.08. The maximum absolute atomic E-state index is 13.7. The SMILES string of the molecule is CCN1CCC2(C[NH2+]C2)C(F)(F)C1. The van der Waals surface area contributed by atoms with E-state index in [9.17, 15) is 8.78 Å². The molecule has 0 aliphatic carbocycles. The number of nitrogens with two attached hydrogens (primary N) is 1. The average Bonchev–Trinajstić information content (AvgIpc) is 1.99. The third-order valence-corrected chi connectivity index (χ3v) is 3.62. The Morgan fingerprint density at radius 3 is 2.46 bits per heavy atom. The minimum absolute atomic E-state index is 0.0304. The Morgan fingerprint density at radius 1 is 1.38 bits per heavy atom. The minimum atomic E-state index is -2.46. The zero-order valence-electron chi connectivity index (χ0n) is 8.02. The molecular formula is C9H17F2N2+. The Kier molecular flexibility index (Phi) is 2.07. The van der Waals surface area contributed by atoms with Crippen LogP contribution < -0.4 is 5.32 Å². The molecule has 2 heterocycles. The van der Waals surface area contributed by atoms with Crippen molar-refractivity contribution in [1.82, 2.24) is 4.90 Å². The van der Waals surface area contributed by atoms with Crippen molar-refractivity contribution in [2.45, 2.75) is 19.3 Å². The second kappa shape index (κ2) is 2.89. The molecule has 2 saturated heterocycles. The molecule has 0 amide bonds. The minimum Gasteiger partial charge on any atom is -0.345 e. The highest BCUT2D eigenvalue weighted by Crippen LogP contribution is 2.43. The van der Waals surface area contributed by atoms with Crippen molar-refractivity contribution in [3.8, 4) is 0 Å². The van der Waals surface area contributed by atoms with E-state index in [0.717, 1.165) is 13.1 Å². The number of hydrogen-bond donors (Lipinski definition) is 1. The van der Waals surface area contributed by atoms with E-state index in [-0.39, 0.29) is 6.54 Å². The lowest BCUT2D eigenvalue weighted by Crippen LogP contribution is -3.03. The molecule has 0 aromatic heterocycles. The molecule has 0 unspecified atom stereocenters. The summed E-state index contributed by atoms with van der Waals surface area (Å²) in [7, 11) is 0. The molecule has 76 valence electrons. The number of halogens is 2. The topological polar surface area (TPSA) is 19.9 Å². The molecule has 0 atom stereocenters. The zero-order valence-corrected chi connectivity index (χ0v) is 8.02. The molecule has 2 fully saturated rings. The van der Waals surface area contributed by atoms with Crippen LogP contribution in [-0.4, -0.2) is 43.5 Å². The van der Waals surface area contributed by atoms with Crippen LogP contribution in [0, 0.1) is 5.41 Å². The van der Waals surface area contributed by atoms with Crippen LogP contribution in [0.2, 0.25) is 0 Å². The first-order chi connectivity index (χ1) is 6.10. The van der Waals surface area contributed by atoms with Gasteiger partial charge in [-0.2, -0.15) is 0 Å². The lowest BCUT2D eigenvalue weighted by molar-refractivity contribution is -0.753. The number of rotatable bonds is 1. The molecule has 0 aromatic rings. The predicted molar refractivity (Wildman–Crippen MR) is 45.8 cm³/mol. The van der Waals surface area contributed by atoms with Gasteiger partial charge in [0.05, 0.1) is 19.6 Å². The molecule has 13 heavy (non-hydrogen) atoms. The maximum Gasteiger partial charge on any atom is 0.276 e. The van der Waals surface area contributed by atoms with Crippen LogP contribution in [-0.2, 0) is 0 Å². The highest BCUT2D eigenvalue weighted by atomic mass is 19.3. The van der Waals surface area contributed by atoms with Gasteiger partial charge in [-0.25, -0.2) is 8.78 Å². The maximum atomic E-state index is 13.7. The summed E-state index contributed by atoms with van der Waals surface area (Å²) in [6, 6.07) is 0. The van der Waals surface area contributed by atoms with Gasteiger partial charge in [-0.15, -0.1) is 0 Å². The number of nitrogens with zero attached hydrogens (tertiary/aromatic N) is 1. The Morgan fingerprint density at radius 2 is 2.08 bits per heavy atom. The van der Waals surface area contributed by atoms with Gasteiger partial charge in [-0.05, 0) is 19.5 Å². The predicted octanol–water partition coefficient (Wildman–Crippen LogP) is -0.0893. The van der Waals surface area contributed by atoms with Crippen LogP contribution in [0.5, 0.6) is 0 Å². The Hall–Kier alpha value is -0.220. The van der Waals surface area contributed by atoms with Crippen LogP contribution in [0.1, 0.15) is 13.3 Å². The van der Waals surface area contributed by atoms with Crippen molar-refractivity contribution < 1.29 is 14.1 Å². The van der Waals surface area contributed by atoms with Crippen molar-refractivity contribution in [2.75, 3.05) is 32.7 Å². The first-order valence-corrected chi connectivity index (χ1v) is 5.01. The van der Waals surface area contributed by atoms with Crippen molar-refractivity contribution in [3.05, 3.63) is 0 Å². The first-order valence-electron chi connectivity index (χ1n) is 5.01. The van der Waals surface area contributed by atoms with Crippen LogP contribution in [0.4, 0.5) is 8.78 Å². The first kappa shape index (κ1) is 9.34. The lowest BCUT2D eigenvalue weighted by Gasteiger charge is -2.49. The summed E-state index contributed by atoms with van der Waals surface area (Å²) in [6.45, 7) is 4.75. The summed E-state index contributed by atoms with van der Waals surface area (Å²) < 4.78 is 27.4. The largest absolute Gasteiger partial charge is 0.345 e. The zero-order chi connectivity index (χ0) is 9.53. The Labute approximate surface area is 77.3 Å². The average molecular weight is 191 g/mol. The third kappa shape index (κ3) is 1.27. The summed E-state index contributed by atoms with van der Waals surface area (Å²) in [6.07, 6.45) is 0.671. The van der Waals surface area contributed by atoms with Crippen LogP contribution in [0.15, 0.2) is 0 Å². The van der Waals surface area contributed by atoms with Gasteiger partial charge in [0.1, 0.15) is 5.41 Å². The molecule has 2 rings (SSSR count). The van der Waals surface area contributed by atoms with E-state index < -0.39 is 11.3 Å². The van der Waals surface area contributed by atoms with Crippen molar-refractivity contribution in [1.29, 1.82) is 0 Å². The smallest absolute Gasteiger partial charge is 0.276 e. The second-order valence-electron chi connectivity index (χ2n) is 4.30. The number of quaternary nitrogens is 1. The van der Waals surface area contributed by atoms with Gasteiger partial charge in [-0.3, -0.25) is 4.90 Å². The highest BCUT2D eigenvalue weighted by molar-refractivity contribution is 5.00. The molecule has 0 bridgehead atoms. The summed E-state index contributed by atoms with van der Waals surface area (Å²) in [5.74, 6) is -2.46. The van der Waals surface area contributed by atoms with Crippen LogP contribution >= 0.6 is 0 Å². The molecule has 2 aliphatic rings. The van der Waals surface area contributed by atoms with E-state index in [1.54, 1.807) is 0 Å². The van der Waals surface area contributed by atoms with E-state index in [4.69, 9.17) is 0 Å². The van der Waals surface area contributed by atoms with Crippen molar-refractivity contribution in [2.24, 2.45) is 5.41 Å². The quantitative estimate of drug-likeness (QED) is 0.614. The fourth-order valence-corrected chi connectivity index (χ4v) is 2.35. The number of hydrogen-bond acceptors (Lipinski definition) is 1. The summed E-state index contributed by atoms with van der Waals surface area (Å²) in [4.78, 5) is 1.85. The summed E-state index contributed by atoms with van der Waals surface area (Å²) in [5.41, 5.74) is -0.654. The van der Waals surface area contributed by atoms with E-state index in [0.29, 0.717) is 19.5 Å². The fourth-order valence-electron chi connectivity index (χ4n) is 2.35. The molecule has 4 heteroatoms. The summed E-state index contributed by atoms with van der Waals surface area (Å²) in [5, 5.41) is 1.98. The van der Waals surface area contributed by atoms with Gasteiger partial charge in [0.25, 0.3) is 5.92 Å². The fraction of sp³-hybridized carbons (Fsp3) is 1.00. The molecule has 2 nitrogen and oxygen atoms in total. The van der Waals surface area contributed by atoms with Gasteiger partial charge in [0.2, 0.25) is 0 Å². The standard InChI is InChI=1S/C9H16F2N2/c1-2-13-4-3-8(5-12-6-8)9(10,11)7-13/h12H,2-7H2,1H3/p+1. The van der Waals surface area contributed by atoms with Crippen molar-refractivity contribution in [3.63, 3.8) is 0 Å². The number of alkyl halides is 2. The third-order valence-electron chi connectivity index (χ3n) is 3.62. The molecule has 0 aromatic carbocycles. The second-order valence-corrected chi connectivity index (χ2v) is 4.30. The van der Waals surface area contributed by atoms with Crippen molar-refractivity contribution >= 4 is 0 Å². The molecule has 1 spiro atoms. The van der Waals surface area contributed by atoms with Gasteiger partial charge < -0.3 is 5.32 Å². The molecule has 0 radical (unpaired) electrons. The van der Waals surface area contributed by atoms with E-state index in [1.807, 2.05) is 17.1 Å². The van der Waals surface area contributed by atoms with E-state index in [2.05, 4.69) is 0 Å². The number of piperidine rings is 1. The molecule has 0 saturated carbocycles. The molecular weight excluding hydrogens is 174 g/mol. The van der Waals surface area contributed by atoms with Gasteiger partial charge >= 0.3 is 0 Å². The van der Waals surface area contributed by atoms with Crippen LogP contribution in [0.3, 0.4) is 0 Å². The van der Waals surface area contributed by atoms with E-state index in [1.165, 1.54) is 0 Å². The molecule has 2 N–H and O–H groups in total. The normalized spacial score (nSPS) is 31.6. The van der Waals surface area contributed by atoms with Crippen LogP contribution in [0.25, 0.3) is 0 Å².